The van der Waals surface area contributed by atoms with Crippen LogP contribution in [-0.2, 0) is 0 Å². The highest BCUT2D eigenvalue weighted by molar-refractivity contribution is 5.41. The van der Waals surface area contributed by atoms with Gasteiger partial charge < -0.3 is 29.6 Å². The van der Waals surface area contributed by atoms with E-state index >= 15 is 0 Å². The minimum atomic E-state index is 0.0496. The van der Waals surface area contributed by atoms with Crippen molar-refractivity contribution in [1.29, 1.82) is 0 Å². The lowest BCUT2D eigenvalue weighted by Gasteiger charge is -2.31. The Kier molecular flexibility index (Phi) is 8.13. The Balaban J connectivity index is 1.03. The van der Waals surface area contributed by atoms with Crippen LogP contribution in [0, 0.1) is 0 Å². The third-order valence-electron chi connectivity index (χ3n) is 6.21. The second-order valence-corrected chi connectivity index (χ2v) is 8.73. The highest BCUT2D eigenvalue weighted by atomic mass is 16.6. The van der Waals surface area contributed by atoms with Crippen LogP contribution in [0.1, 0.15) is 39.5 Å². The number of para-hydroxylation sites is 4. The van der Waals surface area contributed by atoms with Gasteiger partial charge in [-0.25, -0.2) is 0 Å². The maximum atomic E-state index is 6.08. The maximum absolute atomic E-state index is 6.08. The van der Waals surface area contributed by atoms with E-state index in [-0.39, 0.29) is 24.3 Å². The molecule has 0 unspecified atom stereocenters. The summed E-state index contributed by atoms with van der Waals surface area (Å²) in [6, 6.07) is 16.3. The van der Waals surface area contributed by atoms with Crippen LogP contribution in [0.25, 0.3) is 0 Å². The summed E-state index contributed by atoms with van der Waals surface area (Å²) in [6.07, 6.45) is 4.87. The van der Waals surface area contributed by atoms with E-state index in [1.54, 1.807) is 0 Å². The smallest absolute Gasteiger partial charge is 0.161 e. The fourth-order valence-corrected chi connectivity index (χ4v) is 4.09. The molecule has 2 aliphatic rings. The number of ether oxygens (including phenoxy) is 4. The summed E-state index contributed by atoms with van der Waals surface area (Å²) in [7, 11) is 0. The molecule has 0 aromatic heterocycles. The van der Waals surface area contributed by atoms with Crippen LogP contribution in [0.4, 0.5) is 0 Å². The first-order chi connectivity index (χ1) is 15.7. The topological polar surface area (TPSA) is 61.0 Å². The van der Waals surface area contributed by atoms with Crippen LogP contribution >= 0.6 is 0 Å². The molecule has 32 heavy (non-hydrogen) atoms. The highest BCUT2D eigenvalue weighted by Gasteiger charge is 2.26. The minimum absolute atomic E-state index is 0.0496. The molecule has 2 aromatic carbocycles. The quantitative estimate of drug-likeness (QED) is 0.511. The summed E-state index contributed by atoms with van der Waals surface area (Å²) in [5, 5.41) is 7.18. The molecule has 0 saturated heterocycles. The highest BCUT2D eigenvalue weighted by Crippen LogP contribution is 2.32. The van der Waals surface area contributed by atoms with Gasteiger partial charge in [0, 0.05) is 12.1 Å². The molecule has 4 rings (SSSR count). The van der Waals surface area contributed by atoms with Gasteiger partial charge in [0.05, 0.1) is 0 Å². The van der Waals surface area contributed by atoms with Crippen molar-refractivity contribution < 1.29 is 18.9 Å². The second-order valence-electron chi connectivity index (χ2n) is 8.73. The molecule has 4 atom stereocenters. The number of hydrogen-bond acceptors (Lipinski definition) is 6. The molecule has 0 amide bonds. The Morgan fingerprint density at radius 1 is 0.656 bits per heavy atom. The first-order valence-corrected chi connectivity index (χ1v) is 11.9. The molecular weight excluding hydrogens is 404 g/mol. The molecule has 2 N–H and O–H groups in total. The van der Waals surface area contributed by atoms with Crippen LogP contribution < -0.4 is 29.6 Å². The van der Waals surface area contributed by atoms with Crippen LogP contribution in [0.5, 0.6) is 23.0 Å². The Bertz CT molecular complexity index is 777. The lowest BCUT2D eigenvalue weighted by atomic mass is 10.1. The van der Waals surface area contributed by atoms with Gasteiger partial charge in [0.1, 0.15) is 25.4 Å². The normalized spacial score (nSPS) is 21.1. The van der Waals surface area contributed by atoms with E-state index in [0.29, 0.717) is 13.2 Å². The van der Waals surface area contributed by atoms with Gasteiger partial charge in [-0.3, -0.25) is 0 Å². The summed E-state index contributed by atoms with van der Waals surface area (Å²) in [5.41, 5.74) is 0. The van der Waals surface area contributed by atoms with Gasteiger partial charge in [0.2, 0.25) is 0 Å². The van der Waals surface area contributed by atoms with Gasteiger partial charge >= 0.3 is 0 Å². The molecule has 0 fully saturated rings. The fraction of sp³-hybridized carbons (Fsp3) is 0.538. The molecule has 2 aliphatic heterocycles. The largest absolute Gasteiger partial charge is 0.486 e. The van der Waals surface area contributed by atoms with Crippen molar-refractivity contribution in [2.24, 2.45) is 0 Å². The Morgan fingerprint density at radius 2 is 1.06 bits per heavy atom. The van der Waals surface area contributed by atoms with Crippen LogP contribution in [0.15, 0.2) is 48.5 Å². The first kappa shape index (κ1) is 22.7. The molecule has 0 aliphatic carbocycles. The van der Waals surface area contributed by atoms with Crippen molar-refractivity contribution in [2.75, 3.05) is 26.3 Å². The molecule has 0 radical (unpaired) electrons. The number of benzene rings is 2. The van der Waals surface area contributed by atoms with Crippen molar-refractivity contribution in [3.63, 3.8) is 0 Å². The van der Waals surface area contributed by atoms with Crippen molar-refractivity contribution >= 4 is 0 Å². The molecule has 0 spiro atoms. The third-order valence-corrected chi connectivity index (χ3v) is 6.21. The summed E-state index contributed by atoms with van der Waals surface area (Å²) < 4.78 is 23.8. The second kappa shape index (κ2) is 11.4. The van der Waals surface area contributed by atoms with Gasteiger partial charge in [-0.15, -0.1) is 0 Å². The van der Waals surface area contributed by atoms with E-state index in [9.17, 15) is 0 Å². The van der Waals surface area contributed by atoms with Crippen molar-refractivity contribution in [3.8, 4) is 23.0 Å². The predicted molar refractivity (Wildman–Crippen MR) is 126 cm³/mol. The lowest BCUT2D eigenvalue weighted by molar-refractivity contribution is 0.0664. The lowest BCUT2D eigenvalue weighted by Crippen LogP contribution is -2.46. The zero-order chi connectivity index (χ0) is 22.2. The molecule has 6 heteroatoms. The van der Waals surface area contributed by atoms with Crippen LogP contribution in [0.3, 0.4) is 0 Å². The van der Waals surface area contributed by atoms with Crippen LogP contribution in [-0.4, -0.2) is 50.6 Å². The molecule has 2 aromatic rings. The van der Waals surface area contributed by atoms with Gasteiger partial charge in [-0.05, 0) is 64.0 Å². The molecule has 0 saturated carbocycles. The number of nitrogens with one attached hydrogen (secondary N) is 2. The van der Waals surface area contributed by atoms with Crippen molar-refractivity contribution in [1.82, 2.24) is 10.6 Å². The Morgan fingerprint density at radius 3 is 1.50 bits per heavy atom. The average Bonchev–Trinajstić information content (AvgIpc) is 2.84. The maximum Gasteiger partial charge on any atom is 0.161 e. The number of hydrogen-bond donors (Lipinski definition) is 2. The zero-order valence-corrected chi connectivity index (χ0v) is 19.2. The Labute approximate surface area is 191 Å². The monoisotopic (exact) mass is 440 g/mol. The summed E-state index contributed by atoms with van der Waals surface area (Å²) >= 11 is 0. The minimum Gasteiger partial charge on any atom is -0.486 e. The van der Waals surface area contributed by atoms with E-state index < -0.39 is 0 Å². The number of rotatable bonds is 11. The molecule has 0 bridgehead atoms. The van der Waals surface area contributed by atoms with Crippen molar-refractivity contribution in [2.45, 2.75) is 63.8 Å². The van der Waals surface area contributed by atoms with Gasteiger partial charge in [-0.1, -0.05) is 37.1 Å². The van der Waals surface area contributed by atoms with E-state index in [2.05, 4.69) is 24.5 Å². The van der Waals surface area contributed by atoms with Gasteiger partial charge in [-0.2, -0.15) is 0 Å². The number of fused-ring (bicyclic) bond motifs is 2. The van der Waals surface area contributed by atoms with E-state index in [4.69, 9.17) is 18.9 Å². The molecule has 2 heterocycles. The SMILES string of the molecule is C[C@H](NCCCCCCN[C@H](C)[C@@H]1COc2ccccc2O1)[C@H]1COc2ccccc2O1. The fourth-order valence-electron chi connectivity index (χ4n) is 4.09. The summed E-state index contributed by atoms with van der Waals surface area (Å²) in [5.74, 6) is 3.36. The number of unbranched alkanes of at least 4 members (excludes halogenated alkanes) is 3. The first-order valence-electron chi connectivity index (χ1n) is 11.9. The van der Waals surface area contributed by atoms with Gasteiger partial charge in [0.25, 0.3) is 0 Å². The standard InChI is InChI=1S/C26H36N2O4/c1-19(25-17-29-21-11-5-7-13-23(21)31-25)27-15-9-3-4-10-16-28-20(2)26-18-30-22-12-6-8-14-24(22)32-26/h5-8,11-14,19-20,25-28H,3-4,9-10,15-18H2,1-2H3/t19-,20+,25+,26-. The molecular formula is C26H36N2O4. The van der Waals surface area contributed by atoms with Crippen LogP contribution in [0.2, 0.25) is 0 Å². The predicted octanol–water partition coefficient (Wildman–Crippen LogP) is 4.18. The summed E-state index contributed by atoms with van der Waals surface area (Å²) in [4.78, 5) is 0. The van der Waals surface area contributed by atoms with Crippen molar-refractivity contribution in [3.05, 3.63) is 48.5 Å². The molecule has 174 valence electrons. The zero-order valence-electron chi connectivity index (χ0n) is 19.2. The summed E-state index contributed by atoms with van der Waals surface area (Å²) in [6.45, 7) is 7.52. The average molecular weight is 441 g/mol. The van der Waals surface area contributed by atoms with E-state index in [1.807, 2.05) is 48.5 Å². The van der Waals surface area contributed by atoms with E-state index in [1.165, 1.54) is 25.7 Å². The third kappa shape index (κ3) is 6.08. The van der Waals surface area contributed by atoms with Gasteiger partial charge in [0.15, 0.2) is 23.0 Å². The molecule has 6 nitrogen and oxygen atoms in total. The van der Waals surface area contributed by atoms with E-state index in [0.717, 1.165) is 36.1 Å². The Hall–Kier alpha value is -2.44.